The molecule has 2 aliphatic carbocycles. The van der Waals surface area contributed by atoms with E-state index in [0.717, 1.165) is 23.3 Å². The molecule has 0 spiro atoms. The summed E-state index contributed by atoms with van der Waals surface area (Å²) in [5.41, 5.74) is 4.07. The van der Waals surface area contributed by atoms with Crippen LogP contribution >= 0.6 is 22.6 Å². The van der Waals surface area contributed by atoms with E-state index >= 15 is 0 Å². The number of hydrogen-bond donors (Lipinski definition) is 0. The average molecular weight is 481 g/mol. The second-order valence-electron chi connectivity index (χ2n) is 8.19. The third-order valence-corrected chi connectivity index (χ3v) is 7.41. The number of halogens is 1. The lowest BCUT2D eigenvalue weighted by Crippen LogP contribution is -2.34. The number of aromatic nitrogens is 1. The quantitative estimate of drug-likeness (QED) is 0.395. The van der Waals surface area contributed by atoms with Crippen molar-refractivity contribution in [3.8, 4) is 5.75 Å². The third kappa shape index (κ3) is 3.24. The monoisotopic (exact) mass is 481 g/mol. The SMILES string of the molecule is Ic1ccc([C@@]2(c3ccc(OCc4ccccn4)cc3)CC3CC[C@@H]2C3)cc1. The Morgan fingerprint density at radius 2 is 1.68 bits per heavy atom. The van der Waals surface area contributed by atoms with Crippen LogP contribution in [-0.4, -0.2) is 4.98 Å². The van der Waals surface area contributed by atoms with Crippen molar-refractivity contribution < 1.29 is 4.74 Å². The summed E-state index contributed by atoms with van der Waals surface area (Å²) in [6.07, 6.45) is 7.23. The number of benzene rings is 2. The molecule has 0 saturated heterocycles. The zero-order chi connectivity index (χ0) is 19.0. The Balaban J connectivity index is 1.43. The second-order valence-corrected chi connectivity index (χ2v) is 9.44. The normalized spacial score (nSPS) is 25.8. The van der Waals surface area contributed by atoms with E-state index in [1.807, 2.05) is 24.4 Å². The van der Waals surface area contributed by atoms with E-state index in [2.05, 4.69) is 76.1 Å². The van der Waals surface area contributed by atoms with E-state index < -0.39 is 0 Å². The lowest BCUT2D eigenvalue weighted by molar-refractivity contribution is 0.299. The first-order valence-electron chi connectivity index (χ1n) is 10.1. The Labute approximate surface area is 180 Å². The van der Waals surface area contributed by atoms with Gasteiger partial charge in [-0.3, -0.25) is 4.98 Å². The van der Waals surface area contributed by atoms with Gasteiger partial charge in [-0.1, -0.05) is 36.8 Å². The summed E-state index contributed by atoms with van der Waals surface area (Å²) in [6.45, 7) is 0.507. The summed E-state index contributed by atoms with van der Waals surface area (Å²) in [6, 6.07) is 24.0. The number of ether oxygens (including phenoxy) is 1. The van der Waals surface area contributed by atoms with E-state index in [1.165, 1.54) is 40.4 Å². The van der Waals surface area contributed by atoms with Crippen LogP contribution in [-0.2, 0) is 12.0 Å². The highest BCUT2D eigenvalue weighted by atomic mass is 127. The van der Waals surface area contributed by atoms with Crippen molar-refractivity contribution in [2.45, 2.75) is 37.7 Å². The molecule has 0 radical (unpaired) electrons. The van der Waals surface area contributed by atoms with Gasteiger partial charge >= 0.3 is 0 Å². The molecule has 2 aliphatic rings. The van der Waals surface area contributed by atoms with Gasteiger partial charge in [-0.25, -0.2) is 0 Å². The molecular formula is C25H24INO. The third-order valence-electron chi connectivity index (χ3n) is 6.69. The maximum atomic E-state index is 5.96. The lowest BCUT2D eigenvalue weighted by Gasteiger charge is -2.39. The van der Waals surface area contributed by atoms with Crippen molar-refractivity contribution in [3.05, 3.63) is 93.3 Å². The van der Waals surface area contributed by atoms with Crippen LogP contribution in [0.1, 0.15) is 42.5 Å². The van der Waals surface area contributed by atoms with E-state index in [-0.39, 0.29) is 5.41 Å². The van der Waals surface area contributed by atoms with E-state index in [4.69, 9.17) is 4.74 Å². The first-order valence-corrected chi connectivity index (χ1v) is 11.2. The maximum Gasteiger partial charge on any atom is 0.130 e. The summed E-state index contributed by atoms with van der Waals surface area (Å²) in [4.78, 5) is 4.33. The van der Waals surface area contributed by atoms with Gasteiger partial charge in [-0.2, -0.15) is 0 Å². The molecule has 28 heavy (non-hydrogen) atoms. The van der Waals surface area contributed by atoms with Crippen molar-refractivity contribution >= 4 is 22.6 Å². The summed E-state index contributed by atoms with van der Waals surface area (Å²) >= 11 is 2.40. The van der Waals surface area contributed by atoms with Crippen molar-refractivity contribution in [1.29, 1.82) is 0 Å². The van der Waals surface area contributed by atoms with Crippen molar-refractivity contribution in [2.24, 2.45) is 11.8 Å². The molecule has 1 unspecified atom stereocenters. The fourth-order valence-electron chi connectivity index (χ4n) is 5.44. The molecule has 5 rings (SSSR count). The average Bonchev–Trinajstić information content (AvgIpc) is 3.36. The van der Waals surface area contributed by atoms with Gasteiger partial charge in [0.15, 0.2) is 0 Å². The van der Waals surface area contributed by atoms with Crippen LogP contribution in [0.2, 0.25) is 0 Å². The van der Waals surface area contributed by atoms with Crippen molar-refractivity contribution in [1.82, 2.24) is 4.98 Å². The molecule has 1 heterocycles. The largest absolute Gasteiger partial charge is 0.487 e. The lowest BCUT2D eigenvalue weighted by atomic mass is 9.64. The first kappa shape index (κ1) is 18.2. The number of nitrogens with zero attached hydrogens (tertiary/aromatic N) is 1. The molecular weight excluding hydrogens is 457 g/mol. The summed E-state index contributed by atoms with van der Waals surface area (Å²) in [7, 11) is 0. The molecule has 2 fully saturated rings. The van der Waals surface area contributed by atoms with Crippen LogP contribution in [0.4, 0.5) is 0 Å². The number of pyridine rings is 1. The highest BCUT2D eigenvalue weighted by Crippen LogP contribution is 2.60. The molecule has 0 aliphatic heterocycles. The van der Waals surface area contributed by atoms with E-state index in [9.17, 15) is 0 Å². The van der Waals surface area contributed by atoms with Crippen LogP contribution < -0.4 is 4.74 Å². The zero-order valence-electron chi connectivity index (χ0n) is 15.9. The minimum absolute atomic E-state index is 0.173. The smallest absolute Gasteiger partial charge is 0.130 e. The van der Waals surface area contributed by atoms with Gasteiger partial charge < -0.3 is 4.74 Å². The first-order chi connectivity index (χ1) is 13.7. The molecule has 0 N–H and O–H groups in total. The van der Waals surface area contributed by atoms with E-state index in [1.54, 1.807) is 0 Å². The van der Waals surface area contributed by atoms with Crippen molar-refractivity contribution in [3.63, 3.8) is 0 Å². The van der Waals surface area contributed by atoms with Gasteiger partial charge in [-0.05, 0) is 101 Å². The predicted molar refractivity (Wildman–Crippen MR) is 120 cm³/mol. The zero-order valence-corrected chi connectivity index (χ0v) is 18.0. The molecule has 2 aromatic carbocycles. The number of rotatable bonds is 5. The Bertz CT molecular complexity index is 939. The van der Waals surface area contributed by atoms with E-state index in [0.29, 0.717) is 6.61 Å². The minimum Gasteiger partial charge on any atom is -0.487 e. The Morgan fingerprint density at radius 3 is 2.29 bits per heavy atom. The van der Waals surface area contributed by atoms with Crippen LogP contribution in [0.3, 0.4) is 0 Å². The molecule has 3 heteroatoms. The highest BCUT2D eigenvalue weighted by molar-refractivity contribution is 14.1. The Kier molecular flexibility index (Phi) is 4.87. The van der Waals surface area contributed by atoms with Crippen LogP contribution in [0, 0.1) is 15.4 Å². The van der Waals surface area contributed by atoms with Crippen LogP contribution in [0.5, 0.6) is 5.75 Å². The predicted octanol–water partition coefficient (Wildman–Crippen LogP) is 6.37. The fraction of sp³-hybridized carbons (Fsp3) is 0.320. The van der Waals surface area contributed by atoms with Gasteiger partial charge in [0.05, 0.1) is 5.69 Å². The molecule has 3 atom stereocenters. The molecule has 1 aromatic heterocycles. The Hall–Kier alpha value is -1.88. The summed E-state index contributed by atoms with van der Waals surface area (Å²) < 4.78 is 7.27. The van der Waals surface area contributed by atoms with Gasteiger partial charge in [-0.15, -0.1) is 0 Å². The Morgan fingerprint density at radius 1 is 0.929 bits per heavy atom. The minimum atomic E-state index is 0.173. The number of hydrogen-bond acceptors (Lipinski definition) is 2. The molecule has 2 saturated carbocycles. The molecule has 2 nitrogen and oxygen atoms in total. The standard InChI is InChI=1S/C25H24INO/c26-22-10-6-19(7-11-22)25(16-18-4-5-21(25)15-18)20-8-12-24(13-9-20)28-17-23-3-1-2-14-27-23/h1-3,6-14,18,21H,4-5,15-17H2/t18?,21-,25-/m1/s1. The summed E-state index contributed by atoms with van der Waals surface area (Å²) in [5, 5.41) is 0. The molecule has 0 amide bonds. The maximum absolute atomic E-state index is 5.96. The highest BCUT2D eigenvalue weighted by Gasteiger charge is 2.52. The van der Waals surface area contributed by atoms with Crippen LogP contribution in [0.25, 0.3) is 0 Å². The topological polar surface area (TPSA) is 22.1 Å². The second kappa shape index (κ2) is 7.51. The van der Waals surface area contributed by atoms with Gasteiger partial charge in [0.1, 0.15) is 12.4 Å². The molecule has 142 valence electrons. The summed E-state index contributed by atoms with van der Waals surface area (Å²) in [5.74, 6) is 2.55. The molecule has 3 aromatic rings. The van der Waals surface area contributed by atoms with Gasteiger partial charge in [0.25, 0.3) is 0 Å². The van der Waals surface area contributed by atoms with Gasteiger partial charge in [0.2, 0.25) is 0 Å². The molecule has 2 bridgehead atoms. The van der Waals surface area contributed by atoms with Crippen molar-refractivity contribution in [2.75, 3.05) is 0 Å². The van der Waals surface area contributed by atoms with Gasteiger partial charge in [0, 0.05) is 15.2 Å². The number of fused-ring (bicyclic) bond motifs is 2. The fourth-order valence-corrected chi connectivity index (χ4v) is 5.80. The van der Waals surface area contributed by atoms with Crippen LogP contribution in [0.15, 0.2) is 72.9 Å².